The van der Waals surface area contributed by atoms with Gasteiger partial charge in [0.15, 0.2) is 0 Å². The van der Waals surface area contributed by atoms with Gasteiger partial charge >= 0.3 is 5.97 Å². The minimum absolute atomic E-state index is 0.244. The lowest BCUT2D eigenvalue weighted by molar-refractivity contribution is -0.146. The van der Waals surface area contributed by atoms with Gasteiger partial charge in [-0.15, -0.1) is 23.1 Å². The van der Waals surface area contributed by atoms with E-state index in [1.54, 1.807) is 55.5 Å². The number of benzene rings is 2. The van der Waals surface area contributed by atoms with Crippen molar-refractivity contribution in [1.82, 2.24) is 0 Å². The zero-order valence-electron chi connectivity index (χ0n) is 23.0. The van der Waals surface area contributed by atoms with Gasteiger partial charge in [-0.1, -0.05) is 43.3 Å². The quantitative estimate of drug-likeness (QED) is 0.157. The van der Waals surface area contributed by atoms with Crippen molar-refractivity contribution in [2.45, 2.75) is 43.3 Å². The molecule has 3 unspecified atom stereocenters. The lowest BCUT2D eigenvalue weighted by atomic mass is 9.82. The van der Waals surface area contributed by atoms with E-state index in [1.807, 2.05) is 25.1 Å². The van der Waals surface area contributed by atoms with Gasteiger partial charge in [0.05, 0.1) is 27.5 Å². The zero-order chi connectivity index (χ0) is 30.2. The third-order valence-electron chi connectivity index (χ3n) is 6.86. The molecule has 1 heterocycles. The monoisotopic (exact) mass is 602 g/mol. The predicted molar refractivity (Wildman–Crippen MR) is 165 cm³/mol. The lowest BCUT2D eigenvalue weighted by Crippen LogP contribution is -2.34. The van der Waals surface area contributed by atoms with Crippen molar-refractivity contribution in [2.75, 3.05) is 16.0 Å². The van der Waals surface area contributed by atoms with E-state index in [1.165, 1.54) is 11.8 Å². The third kappa shape index (κ3) is 7.26. The second-order valence-corrected chi connectivity index (χ2v) is 12.0. The molecular formula is C31H30N4O5S2. The van der Waals surface area contributed by atoms with E-state index in [4.69, 9.17) is 0 Å². The van der Waals surface area contributed by atoms with E-state index >= 15 is 0 Å². The second kappa shape index (κ2) is 14.0. The first-order chi connectivity index (χ1) is 20.2. The molecule has 0 radical (unpaired) electrons. The summed E-state index contributed by atoms with van der Waals surface area (Å²) in [5, 5.41) is 27.5. The fourth-order valence-electron chi connectivity index (χ4n) is 4.60. The Kier molecular flexibility index (Phi) is 10.2. The highest BCUT2D eigenvalue weighted by molar-refractivity contribution is 8.00. The highest BCUT2D eigenvalue weighted by Gasteiger charge is 2.34. The van der Waals surface area contributed by atoms with Crippen LogP contribution >= 0.6 is 23.1 Å². The molecule has 0 aliphatic heterocycles. The third-order valence-corrected chi connectivity index (χ3v) is 9.43. The summed E-state index contributed by atoms with van der Waals surface area (Å²) >= 11 is 2.36. The van der Waals surface area contributed by atoms with Gasteiger partial charge < -0.3 is 21.1 Å². The number of carbonyl (C=O) groups is 4. The molecule has 42 heavy (non-hydrogen) atoms. The van der Waals surface area contributed by atoms with Crippen molar-refractivity contribution in [1.29, 1.82) is 5.26 Å². The molecule has 0 spiro atoms. The van der Waals surface area contributed by atoms with E-state index < -0.39 is 23.1 Å². The SMILES string of the molecule is CCC(Sc1cccc(NC(=O)C2CC=CCC2C(=O)O)c1)C(=O)Nc1sc(C(=O)Nc2ccccc2)c(C)c1C#N. The molecule has 3 aromatic rings. The van der Waals surface area contributed by atoms with Crippen molar-refractivity contribution in [3.63, 3.8) is 0 Å². The van der Waals surface area contributed by atoms with Crippen LogP contribution in [0.3, 0.4) is 0 Å². The number of hydrogen-bond donors (Lipinski definition) is 4. The number of allylic oxidation sites excluding steroid dienone is 2. The van der Waals surface area contributed by atoms with E-state index in [0.29, 0.717) is 46.1 Å². The van der Waals surface area contributed by atoms with Crippen LogP contribution < -0.4 is 16.0 Å². The highest BCUT2D eigenvalue weighted by atomic mass is 32.2. The number of nitriles is 1. The van der Waals surface area contributed by atoms with Crippen LogP contribution in [0, 0.1) is 30.1 Å². The highest BCUT2D eigenvalue weighted by Crippen LogP contribution is 2.35. The summed E-state index contributed by atoms with van der Waals surface area (Å²) in [6.07, 6.45) is 4.76. The van der Waals surface area contributed by atoms with Gasteiger partial charge in [-0.25, -0.2) is 0 Å². The van der Waals surface area contributed by atoms with E-state index in [0.717, 1.165) is 16.2 Å². The van der Waals surface area contributed by atoms with E-state index in [2.05, 4.69) is 22.0 Å². The molecule has 1 aromatic heterocycles. The Morgan fingerprint density at radius 2 is 1.69 bits per heavy atom. The summed E-state index contributed by atoms with van der Waals surface area (Å²) in [6, 6.07) is 18.1. The number of amides is 3. The number of carbonyl (C=O) groups excluding carboxylic acids is 3. The summed E-state index contributed by atoms with van der Waals surface area (Å²) in [5.74, 6) is -3.47. The molecule has 0 fully saturated rings. The van der Waals surface area contributed by atoms with Crippen LogP contribution in [0.5, 0.6) is 0 Å². The first-order valence-corrected chi connectivity index (χ1v) is 15.1. The number of anilines is 3. The lowest BCUT2D eigenvalue weighted by Gasteiger charge is -2.24. The fraction of sp³-hybridized carbons (Fsp3) is 0.258. The number of nitrogens with zero attached hydrogens (tertiary/aromatic N) is 1. The van der Waals surface area contributed by atoms with Crippen LogP contribution in [0.15, 0.2) is 71.6 Å². The summed E-state index contributed by atoms with van der Waals surface area (Å²) in [7, 11) is 0. The van der Waals surface area contributed by atoms with Crippen molar-refractivity contribution in [2.24, 2.45) is 11.8 Å². The van der Waals surface area contributed by atoms with Crippen LogP contribution in [0.2, 0.25) is 0 Å². The molecular weight excluding hydrogens is 572 g/mol. The molecule has 0 saturated heterocycles. The molecule has 216 valence electrons. The molecule has 9 nitrogen and oxygen atoms in total. The minimum Gasteiger partial charge on any atom is -0.481 e. The Morgan fingerprint density at radius 1 is 1.00 bits per heavy atom. The van der Waals surface area contributed by atoms with Gasteiger partial charge in [-0.05, 0) is 62.1 Å². The van der Waals surface area contributed by atoms with Gasteiger partial charge in [0, 0.05) is 16.3 Å². The molecule has 3 atom stereocenters. The van der Waals surface area contributed by atoms with Gasteiger partial charge in [-0.3, -0.25) is 19.2 Å². The minimum atomic E-state index is -0.995. The number of aliphatic carboxylic acids is 1. The number of thioether (sulfide) groups is 1. The zero-order valence-corrected chi connectivity index (χ0v) is 24.7. The average Bonchev–Trinajstić information content (AvgIpc) is 3.30. The van der Waals surface area contributed by atoms with Crippen LogP contribution in [0.4, 0.5) is 16.4 Å². The first kappa shape index (κ1) is 30.6. The molecule has 11 heteroatoms. The molecule has 4 N–H and O–H groups in total. The molecule has 0 saturated carbocycles. The van der Waals surface area contributed by atoms with Crippen molar-refractivity contribution in [3.8, 4) is 6.07 Å². The number of carboxylic acid groups (broad SMARTS) is 1. The van der Waals surface area contributed by atoms with Gasteiger partial charge in [0.25, 0.3) is 5.91 Å². The van der Waals surface area contributed by atoms with Crippen molar-refractivity contribution < 1.29 is 24.3 Å². The standard InChI is InChI=1S/C31H30N4O5S2/c1-3-25(41-21-13-9-12-20(16-21)34-27(36)22-14-7-8-15-23(22)31(39)40)28(37)35-30-24(17-32)18(2)26(42-30)29(38)33-19-10-5-4-6-11-19/h4-13,16,22-23,25H,3,14-15H2,1-2H3,(H,33,38)(H,34,36)(H,35,37)(H,39,40). The van der Waals surface area contributed by atoms with E-state index in [9.17, 15) is 29.5 Å². The van der Waals surface area contributed by atoms with Gasteiger partial charge in [0.2, 0.25) is 11.8 Å². The van der Waals surface area contributed by atoms with Crippen LogP contribution in [-0.2, 0) is 14.4 Å². The maximum Gasteiger partial charge on any atom is 0.307 e. The summed E-state index contributed by atoms with van der Waals surface area (Å²) in [5.41, 5.74) is 1.87. The van der Waals surface area contributed by atoms with Crippen LogP contribution in [0.1, 0.15) is 47.0 Å². The van der Waals surface area contributed by atoms with Crippen LogP contribution in [-0.4, -0.2) is 34.0 Å². The van der Waals surface area contributed by atoms with Crippen LogP contribution in [0.25, 0.3) is 0 Å². The maximum atomic E-state index is 13.3. The largest absolute Gasteiger partial charge is 0.481 e. The number of nitrogens with one attached hydrogen (secondary N) is 3. The number of para-hydroxylation sites is 1. The smallest absolute Gasteiger partial charge is 0.307 e. The topological polar surface area (TPSA) is 148 Å². The number of hydrogen-bond acceptors (Lipinski definition) is 7. The normalized spacial score (nSPS) is 16.6. The fourth-order valence-corrected chi connectivity index (χ4v) is 6.67. The summed E-state index contributed by atoms with van der Waals surface area (Å²) in [4.78, 5) is 51.8. The Hall–Kier alpha value is -4.40. The number of rotatable bonds is 10. The Morgan fingerprint density at radius 3 is 2.36 bits per heavy atom. The number of thiophene rings is 1. The predicted octanol–water partition coefficient (Wildman–Crippen LogP) is 6.30. The molecule has 1 aliphatic carbocycles. The van der Waals surface area contributed by atoms with Gasteiger partial charge in [0.1, 0.15) is 11.1 Å². The summed E-state index contributed by atoms with van der Waals surface area (Å²) in [6.45, 7) is 3.55. The van der Waals surface area contributed by atoms with Crippen molar-refractivity contribution >= 4 is 63.2 Å². The molecule has 1 aliphatic rings. The molecule has 2 aromatic carbocycles. The van der Waals surface area contributed by atoms with Gasteiger partial charge in [-0.2, -0.15) is 5.26 Å². The average molecular weight is 603 g/mol. The molecule has 3 amide bonds. The summed E-state index contributed by atoms with van der Waals surface area (Å²) < 4.78 is 0. The number of carboxylic acids is 1. The van der Waals surface area contributed by atoms with E-state index in [-0.39, 0.29) is 23.3 Å². The Balaban J connectivity index is 1.44. The first-order valence-electron chi connectivity index (χ1n) is 13.4. The molecule has 4 rings (SSSR count). The Bertz CT molecular complexity index is 1560. The maximum absolute atomic E-state index is 13.3. The second-order valence-electron chi connectivity index (χ2n) is 9.71. The Labute approximate surface area is 252 Å². The molecule has 0 bridgehead atoms. The van der Waals surface area contributed by atoms with Crippen molar-refractivity contribution in [3.05, 3.63) is 82.8 Å².